The molecule has 1 aromatic heterocycles. The van der Waals surface area contributed by atoms with Gasteiger partial charge in [0.25, 0.3) is 5.91 Å². The van der Waals surface area contributed by atoms with Crippen LogP contribution in [0.5, 0.6) is 0 Å². The summed E-state index contributed by atoms with van der Waals surface area (Å²) < 4.78 is 7.35. The van der Waals surface area contributed by atoms with Crippen molar-refractivity contribution in [2.75, 3.05) is 45.1 Å². The molecule has 6 heteroatoms. The fourth-order valence-electron chi connectivity index (χ4n) is 3.06. The summed E-state index contributed by atoms with van der Waals surface area (Å²) >= 11 is 0. The average Bonchev–Trinajstić information content (AvgIpc) is 2.93. The molecule has 1 aliphatic rings. The lowest BCUT2D eigenvalue weighted by Gasteiger charge is -2.26. The Kier molecular flexibility index (Phi) is 4.83. The van der Waals surface area contributed by atoms with Crippen LogP contribution >= 0.6 is 0 Å². The summed E-state index contributed by atoms with van der Waals surface area (Å²) in [5, 5.41) is 4.03. The van der Waals surface area contributed by atoms with E-state index in [1.807, 2.05) is 35.8 Å². The lowest BCUT2D eigenvalue weighted by atomic mass is 10.2. The zero-order valence-electron chi connectivity index (χ0n) is 13.5. The van der Waals surface area contributed by atoms with Crippen LogP contribution in [-0.4, -0.2) is 54.8 Å². The van der Waals surface area contributed by atoms with Gasteiger partial charge in [-0.1, -0.05) is 0 Å². The van der Waals surface area contributed by atoms with Crippen molar-refractivity contribution in [1.29, 1.82) is 0 Å². The molecule has 23 heavy (non-hydrogen) atoms. The van der Waals surface area contributed by atoms with Crippen LogP contribution in [0.4, 0.5) is 5.69 Å². The van der Waals surface area contributed by atoms with Crippen LogP contribution in [0.15, 0.2) is 24.3 Å². The van der Waals surface area contributed by atoms with E-state index in [0.717, 1.165) is 50.3 Å². The molecule has 3 N–H and O–H groups in total. The molecule has 0 atom stereocenters. The quantitative estimate of drug-likeness (QED) is 0.816. The number of benzene rings is 1. The van der Waals surface area contributed by atoms with Crippen LogP contribution in [0.1, 0.15) is 17.4 Å². The van der Waals surface area contributed by atoms with E-state index in [4.69, 9.17) is 10.5 Å². The smallest absolute Gasteiger partial charge is 0.267 e. The molecule has 124 valence electrons. The van der Waals surface area contributed by atoms with Gasteiger partial charge in [0.2, 0.25) is 0 Å². The lowest BCUT2D eigenvalue weighted by Crippen LogP contribution is -2.41. The van der Waals surface area contributed by atoms with Crippen molar-refractivity contribution in [3.63, 3.8) is 0 Å². The van der Waals surface area contributed by atoms with Crippen LogP contribution in [0.3, 0.4) is 0 Å². The number of nitrogen functional groups attached to an aromatic ring is 1. The van der Waals surface area contributed by atoms with Gasteiger partial charge in [0.05, 0.1) is 13.2 Å². The van der Waals surface area contributed by atoms with E-state index in [9.17, 15) is 4.79 Å². The molecule has 0 spiro atoms. The minimum Gasteiger partial charge on any atom is -0.399 e. The number of nitrogens with two attached hydrogens (primary N) is 1. The first-order chi connectivity index (χ1) is 11.2. The van der Waals surface area contributed by atoms with Crippen molar-refractivity contribution in [3.05, 3.63) is 30.0 Å². The molecule has 1 aliphatic heterocycles. The Hall–Kier alpha value is -2.05. The van der Waals surface area contributed by atoms with Crippen LogP contribution in [0.25, 0.3) is 10.9 Å². The van der Waals surface area contributed by atoms with Gasteiger partial charge in [-0.2, -0.15) is 0 Å². The number of ether oxygens (including phenoxy) is 1. The molecule has 1 fully saturated rings. The molecule has 2 aromatic rings. The van der Waals surface area contributed by atoms with Crippen molar-refractivity contribution >= 4 is 22.5 Å². The molecule has 3 rings (SSSR count). The summed E-state index contributed by atoms with van der Waals surface area (Å²) in [6.45, 7) is 7.72. The minimum atomic E-state index is -0.0325. The van der Waals surface area contributed by atoms with Crippen LogP contribution in [0, 0.1) is 0 Å². The van der Waals surface area contributed by atoms with E-state index in [1.165, 1.54) is 0 Å². The standard InChI is InChI=1S/C17H24N4O2/c1-2-21-15-4-3-14(18)11-13(15)12-16(21)17(22)19-5-6-20-7-9-23-10-8-20/h3-4,11-12H,2,5-10,18H2,1H3,(H,19,22). The monoisotopic (exact) mass is 316 g/mol. The zero-order chi connectivity index (χ0) is 16.2. The average molecular weight is 316 g/mol. The first-order valence-electron chi connectivity index (χ1n) is 8.16. The fraction of sp³-hybridized carbons (Fsp3) is 0.471. The molecule has 0 unspecified atom stereocenters. The first kappa shape index (κ1) is 15.8. The fourth-order valence-corrected chi connectivity index (χ4v) is 3.06. The summed E-state index contributed by atoms with van der Waals surface area (Å²) in [4.78, 5) is 14.8. The number of carbonyl (C=O) groups excluding carboxylic acids is 1. The SMILES string of the molecule is CCn1c(C(=O)NCCN2CCOCC2)cc2cc(N)ccc21. The topological polar surface area (TPSA) is 72.5 Å². The first-order valence-corrected chi connectivity index (χ1v) is 8.16. The van der Waals surface area contributed by atoms with Gasteiger partial charge in [-0.25, -0.2) is 0 Å². The second-order valence-electron chi connectivity index (χ2n) is 5.80. The minimum absolute atomic E-state index is 0.0325. The predicted molar refractivity (Wildman–Crippen MR) is 91.6 cm³/mol. The Bertz CT molecular complexity index is 689. The summed E-state index contributed by atoms with van der Waals surface area (Å²) in [6.07, 6.45) is 0. The maximum atomic E-state index is 12.5. The maximum absolute atomic E-state index is 12.5. The summed E-state index contributed by atoms with van der Waals surface area (Å²) in [6, 6.07) is 7.67. The van der Waals surface area contributed by atoms with Crippen molar-refractivity contribution < 1.29 is 9.53 Å². The predicted octanol–water partition coefficient (Wildman–Crippen LogP) is 1.31. The van der Waals surface area contributed by atoms with Crippen LogP contribution in [0.2, 0.25) is 0 Å². The van der Waals surface area contributed by atoms with E-state index in [0.29, 0.717) is 17.9 Å². The molecule has 6 nitrogen and oxygen atoms in total. The van der Waals surface area contributed by atoms with Crippen molar-refractivity contribution in [1.82, 2.24) is 14.8 Å². The number of fused-ring (bicyclic) bond motifs is 1. The number of amides is 1. The highest BCUT2D eigenvalue weighted by Gasteiger charge is 2.15. The Morgan fingerprint density at radius 3 is 2.83 bits per heavy atom. The third-order valence-corrected chi connectivity index (χ3v) is 4.29. The van der Waals surface area contributed by atoms with E-state index in [1.54, 1.807) is 0 Å². The summed E-state index contributed by atoms with van der Waals surface area (Å²) in [5.41, 5.74) is 8.28. The van der Waals surface area contributed by atoms with Gasteiger partial charge >= 0.3 is 0 Å². The third kappa shape index (κ3) is 3.48. The van der Waals surface area contributed by atoms with Gasteiger partial charge in [0, 0.05) is 49.3 Å². The number of hydrogen-bond acceptors (Lipinski definition) is 4. The Labute approximate surface area is 136 Å². The number of morpholine rings is 1. The largest absolute Gasteiger partial charge is 0.399 e. The number of rotatable bonds is 5. The number of hydrogen-bond donors (Lipinski definition) is 2. The third-order valence-electron chi connectivity index (χ3n) is 4.29. The Balaban J connectivity index is 1.67. The van der Waals surface area contributed by atoms with Gasteiger partial charge in [0.15, 0.2) is 0 Å². The maximum Gasteiger partial charge on any atom is 0.267 e. The normalized spacial score (nSPS) is 15.9. The van der Waals surface area contributed by atoms with Crippen molar-refractivity contribution in [2.45, 2.75) is 13.5 Å². The Morgan fingerprint density at radius 2 is 2.09 bits per heavy atom. The molecular formula is C17H24N4O2. The summed E-state index contributed by atoms with van der Waals surface area (Å²) in [7, 11) is 0. The number of carbonyl (C=O) groups is 1. The highest BCUT2D eigenvalue weighted by atomic mass is 16.5. The number of nitrogens with one attached hydrogen (secondary N) is 1. The van der Waals surface area contributed by atoms with E-state index < -0.39 is 0 Å². The molecule has 1 amide bonds. The van der Waals surface area contributed by atoms with Gasteiger partial charge in [-0.15, -0.1) is 0 Å². The highest BCUT2D eigenvalue weighted by Crippen LogP contribution is 2.22. The molecule has 1 aromatic carbocycles. The lowest BCUT2D eigenvalue weighted by molar-refractivity contribution is 0.0383. The molecule has 1 saturated heterocycles. The molecule has 0 radical (unpaired) electrons. The number of aromatic nitrogens is 1. The highest BCUT2D eigenvalue weighted by molar-refractivity contribution is 5.99. The second-order valence-corrected chi connectivity index (χ2v) is 5.80. The van der Waals surface area contributed by atoms with E-state index >= 15 is 0 Å². The summed E-state index contributed by atoms with van der Waals surface area (Å²) in [5.74, 6) is -0.0325. The molecule has 0 aliphatic carbocycles. The Morgan fingerprint density at radius 1 is 1.30 bits per heavy atom. The molecule has 2 heterocycles. The molecule has 0 saturated carbocycles. The van der Waals surface area contributed by atoms with Crippen molar-refractivity contribution in [3.8, 4) is 0 Å². The van der Waals surface area contributed by atoms with Gasteiger partial charge < -0.3 is 20.4 Å². The van der Waals surface area contributed by atoms with E-state index in [-0.39, 0.29) is 5.91 Å². The molecular weight excluding hydrogens is 292 g/mol. The van der Waals surface area contributed by atoms with Gasteiger partial charge in [-0.05, 0) is 31.2 Å². The molecule has 0 bridgehead atoms. The number of anilines is 1. The van der Waals surface area contributed by atoms with E-state index in [2.05, 4.69) is 10.2 Å². The van der Waals surface area contributed by atoms with Crippen molar-refractivity contribution in [2.24, 2.45) is 0 Å². The van der Waals surface area contributed by atoms with Gasteiger partial charge in [-0.3, -0.25) is 9.69 Å². The van der Waals surface area contributed by atoms with Crippen LogP contribution in [-0.2, 0) is 11.3 Å². The zero-order valence-corrected chi connectivity index (χ0v) is 13.5. The van der Waals surface area contributed by atoms with Gasteiger partial charge in [0.1, 0.15) is 5.69 Å². The second kappa shape index (κ2) is 7.02. The number of aryl methyl sites for hydroxylation is 1. The number of nitrogens with zero attached hydrogens (tertiary/aromatic N) is 2. The van der Waals surface area contributed by atoms with Crippen LogP contribution < -0.4 is 11.1 Å².